The summed E-state index contributed by atoms with van der Waals surface area (Å²) in [6, 6.07) is 5.93. The Balaban J connectivity index is 0.00000200. The number of nitrogens with two attached hydrogens (primary N) is 1. The minimum Gasteiger partial charge on any atom is -0.338 e. The number of likely N-dealkylation sites (tertiary alicyclic amines) is 1. The molecule has 3 nitrogen and oxygen atoms in total. The first-order valence-electron chi connectivity index (χ1n) is 6.80. The fourth-order valence-corrected chi connectivity index (χ4v) is 2.83. The number of piperidine rings is 1. The smallest absolute Gasteiger partial charge is 0.253 e. The number of hydrogen-bond acceptors (Lipinski definition) is 2. The minimum atomic E-state index is 0. The Morgan fingerprint density at radius 2 is 2.20 bits per heavy atom. The Morgan fingerprint density at radius 1 is 1.50 bits per heavy atom. The summed E-state index contributed by atoms with van der Waals surface area (Å²) < 4.78 is 1.04. The van der Waals surface area contributed by atoms with Gasteiger partial charge in [0.2, 0.25) is 0 Å². The number of aryl methyl sites for hydroxylation is 1. The molecule has 112 valence electrons. The first kappa shape index (κ1) is 17.5. The molecular weight excluding hydrogens is 340 g/mol. The van der Waals surface area contributed by atoms with Crippen LogP contribution in [0, 0.1) is 12.8 Å². The van der Waals surface area contributed by atoms with Gasteiger partial charge in [-0.3, -0.25) is 4.79 Å². The van der Waals surface area contributed by atoms with Gasteiger partial charge < -0.3 is 10.6 Å². The number of carbonyl (C=O) groups is 1. The summed E-state index contributed by atoms with van der Waals surface area (Å²) >= 11 is 3.46. The molecule has 2 rings (SSSR count). The summed E-state index contributed by atoms with van der Waals surface area (Å²) in [5, 5.41) is 0. The lowest BCUT2D eigenvalue weighted by Crippen LogP contribution is -2.45. The summed E-state index contributed by atoms with van der Waals surface area (Å²) in [5.41, 5.74) is 7.83. The zero-order chi connectivity index (χ0) is 14.0. The summed E-state index contributed by atoms with van der Waals surface area (Å²) in [6.07, 6.45) is 2.17. The maximum Gasteiger partial charge on any atom is 0.253 e. The Labute approximate surface area is 135 Å². The quantitative estimate of drug-likeness (QED) is 0.878. The predicted octanol–water partition coefficient (Wildman–Crippen LogP) is 3.38. The van der Waals surface area contributed by atoms with Crippen LogP contribution < -0.4 is 5.73 Å². The molecule has 2 atom stereocenters. The van der Waals surface area contributed by atoms with Crippen LogP contribution in [-0.2, 0) is 0 Å². The number of rotatable bonds is 2. The highest BCUT2D eigenvalue weighted by atomic mass is 79.9. The van der Waals surface area contributed by atoms with Crippen molar-refractivity contribution in [2.45, 2.75) is 32.7 Å². The van der Waals surface area contributed by atoms with E-state index >= 15 is 0 Å². The van der Waals surface area contributed by atoms with Gasteiger partial charge >= 0.3 is 0 Å². The largest absolute Gasteiger partial charge is 0.338 e. The summed E-state index contributed by atoms with van der Waals surface area (Å²) in [7, 11) is 0. The second-order valence-corrected chi connectivity index (χ2v) is 6.33. The summed E-state index contributed by atoms with van der Waals surface area (Å²) in [4.78, 5) is 14.4. The fraction of sp³-hybridized carbons (Fsp3) is 0.533. The molecule has 1 saturated heterocycles. The van der Waals surface area contributed by atoms with E-state index in [0.717, 1.165) is 41.5 Å². The van der Waals surface area contributed by atoms with Crippen LogP contribution in [0.1, 0.15) is 35.7 Å². The van der Waals surface area contributed by atoms with Crippen molar-refractivity contribution in [2.75, 3.05) is 13.1 Å². The lowest BCUT2D eigenvalue weighted by molar-refractivity contribution is 0.0661. The first-order valence-corrected chi connectivity index (χ1v) is 7.59. The lowest BCUT2D eigenvalue weighted by Gasteiger charge is -2.34. The van der Waals surface area contributed by atoms with Gasteiger partial charge in [-0.1, -0.05) is 15.9 Å². The lowest BCUT2D eigenvalue weighted by atomic mass is 9.92. The molecule has 1 aromatic rings. The molecule has 1 heterocycles. The van der Waals surface area contributed by atoms with Gasteiger partial charge in [0.25, 0.3) is 5.91 Å². The Hall–Kier alpha value is -0.580. The fourth-order valence-electron chi connectivity index (χ4n) is 2.58. The maximum absolute atomic E-state index is 12.5. The monoisotopic (exact) mass is 360 g/mol. The third kappa shape index (κ3) is 3.96. The van der Waals surface area contributed by atoms with E-state index in [-0.39, 0.29) is 24.4 Å². The molecule has 1 aromatic carbocycles. The van der Waals surface area contributed by atoms with E-state index in [1.807, 2.05) is 36.9 Å². The van der Waals surface area contributed by atoms with Gasteiger partial charge in [0, 0.05) is 29.2 Å². The third-order valence-corrected chi connectivity index (χ3v) is 4.78. The molecule has 0 bridgehead atoms. The second kappa shape index (κ2) is 7.43. The normalized spacial score (nSPS) is 20.2. The molecule has 5 heteroatoms. The Morgan fingerprint density at radius 3 is 2.80 bits per heavy atom. The van der Waals surface area contributed by atoms with Crippen molar-refractivity contribution in [3.8, 4) is 0 Å². The van der Waals surface area contributed by atoms with E-state index < -0.39 is 0 Å². The molecule has 0 radical (unpaired) electrons. The molecule has 2 N–H and O–H groups in total. The molecule has 1 aliphatic rings. The molecule has 1 amide bonds. The molecule has 0 aromatic heterocycles. The van der Waals surface area contributed by atoms with E-state index in [1.54, 1.807) is 0 Å². The van der Waals surface area contributed by atoms with Crippen LogP contribution in [0.4, 0.5) is 0 Å². The van der Waals surface area contributed by atoms with Crippen LogP contribution in [0.15, 0.2) is 22.7 Å². The summed E-state index contributed by atoms with van der Waals surface area (Å²) in [6.45, 7) is 5.66. The number of halogens is 2. The maximum atomic E-state index is 12.5. The zero-order valence-electron chi connectivity index (χ0n) is 11.9. The molecule has 20 heavy (non-hydrogen) atoms. The molecule has 0 aliphatic carbocycles. The number of amides is 1. The first-order chi connectivity index (χ1) is 8.99. The van der Waals surface area contributed by atoms with Crippen LogP contribution in [0.5, 0.6) is 0 Å². The zero-order valence-corrected chi connectivity index (χ0v) is 14.3. The van der Waals surface area contributed by atoms with Crippen LogP contribution in [-0.4, -0.2) is 29.9 Å². The average Bonchev–Trinajstić information content (AvgIpc) is 2.41. The van der Waals surface area contributed by atoms with Crippen molar-refractivity contribution in [1.82, 2.24) is 4.90 Å². The molecule has 2 unspecified atom stereocenters. The highest BCUT2D eigenvalue weighted by Crippen LogP contribution is 2.22. The van der Waals surface area contributed by atoms with Crippen molar-refractivity contribution >= 4 is 34.2 Å². The van der Waals surface area contributed by atoms with Crippen molar-refractivity contribution in [2.24, 2.45) is 11.7 Å². The van der Waals surface area contributed by atoms with Crippen LogP contribution >= 0.6 is 28.3 Å². The second-order valence-electron chi connectivity index (χ2n) is 5.48. The molecule has 0 saturated carbocycles. The van der Waals surface area contributed by atoms with Crippen molar-refractivity contribution in [3.05, 3.63) is 33.8 Å². The van der Waals surface area contributed by atoms with Gasteiger partial charge in [0.1, 0.15) is 0 Å². The van der Waals surface area contributed by atoms with Gasteiger partial charge in [0.05, 0.1) is 0 Å². The topological polar surface area (TPSA) is 46.3 Å². The SMILES string of the molecule is Cc1cc(C(=O)N2CCCC(C(C)N)C2)ccc1Br.Cl. The van der Waals surface area contributed by atoms with Gasteiger partial charge in [-0.2, -0.15) is 0 Å². The van der Waals surface area contributed by atoms with Gasteiger partial charge in [0.15, 0.2) is 0 Å². The number of nitrogens with zero attached hydrogens (tertiary/aromatic N) is 1. The standard InChI is InChI=1S/C15H21BrN2O.ClH/c1-10-8-12(5-6-14(10)16)15(19)18-7-3-4-13(9-18)11(2)17;/h5-6,8,11,13H,3-4,7,9,17H2,1-2H3;1H. The minimum absolute atomic E-state index is 0. The van der Waals surface area contributed by atoms with E-state index in [4.69, 9.17) is 5.73 Å². The van der Waals surface area contributed by atoms with Crippen molar-refractivity contribution < 1.29 is 4.79 Å². The molecule has 0 spiro atoms. The number of benzene rings is 1. The van der Waals surface area contributed by atoms with Crippen molar-refractivity contribution in [3.63, 3.8) is 0 Å². The van der Waals surface area contributed by atoms with Gasteiger partial charge in [-0.25, -0.2) is 0 Å². The van der Waals surface area contributed by atoms with Crippen LogP contribution in [0.2, 0.25) is 0 Å². The highest BCUT2D eigenvalue weighted by Gasteiger charge is 2.26. The van der Waals surface area contributed by atoms with Crippen LogP contribution in [0.25, 0.3) is 0 Å². The Bertz CT molecular complexity index is 479. The van der Waals surface area contributed by atoms with E-state index in [0.29, 0.717) is 5.92 Å². The van der Waals surface area contributed by atoms with E-state index in [1.165, 1.54) is 0 Å². The number of carbonyl (C=O) groups excluding carboxylic acids is 1. The Kier molecular flexibility index (Phi) is 6.49. The van der Waals surface area contributed by atoms with Crippen molar-refractivity contribution in [1.29, 1.82) is 0 Å². The van der Waals surface area contributed by atoms with E-state index in [9.17, 15) is 4.79 Å². The highest BCUT2D eigenvalue weighted by molar-refractivity contribution is 9.10. The van der Waals surface area contributed by atoms with Gasteiger partial charge in [-0.15, -0.1) is 12.4 Å². The van der Waals surface area contributed by atoms with Gasteiger partial charge in [-0.05, 0) is 56.4 Å². The average molecular weight is 362 g/mol. The molecular formula is C15H22BrClN2O. The molecule has 1 fully saturated rings. The summed E-state index contributed by atoms with van der Waals surface area (Å²) in [5.74, 6) is 0.551. The van der Waals surface area contributed by atoms with E-state index in [2.05, 4.69) is 15.9 Å². The van der Waals surface area contributed by atoms with Crippen LogP contribution in [0.3, 0.4) is 0 Å². The predicted molar refractivity (Wildman–Crippen MR) is 88.4 cm³/mol. The number of hydrogen-bond donors (Lipinski definition) is 1. The molecule has 1 aliphatic heterocycles. The third-order valence-electron chi connectivity index (χ3n) is 3.89.